The van der Waals surface area contributed by atoms with Gasteiger partial charge in [-0.1, -0.05) is 12.8 Å². The van der Waals surface area contributed by atoms with Gasteiger partial charge in [0.15, 0.2) is 0 Å². The number of aryl methyl sites for hydroxylation is 2. The Bertz CT molecular complexity index is 589. The van der Waals surface area contributed by atoms with Gasteiger partial charge >= 0.3 is 0 Å². The quantitative estimate of drug-likeness (QED) is 0.879. The Labute approximate surface area is 137 Å². The average molecular weight is 318 g/mol. The van der Waals surface area contributed by atoms with E-state index in [2.05, 4.69) is 20.2 Å². The Kier molecular flexibility index (Phi) is 4.68. The highest BCUT2D eigenvalue weighted by Gasteiger charge is 2.33. The second kappa shape index (κ2) is 6.72. The lowest BCUT2D eigenvalue weighted by atomic mass is 9.96. The number of hydrogen-bond acceptors (Lipinski definition) is 3. The van der Waals surface area contributed by atoms with Crippen molar-refractivity contribution in [2.75, 3.05) is 0 Å². The van der Waals surface area contributed by atoms with E-state index >= 15 is 0 Å². The number of fused-ring (bicyclic) bond motifs is 1. The summed E-state index contributed by atoms with van der Waals surface area (Å²) in [5.74, 6) is 1.21. The Balaban J connectivity index is 1.63. The summed E-state index contributed by atoms with van der Waals surface area (Å²) in [4.78, 5) is 28.7. The minimum atomic E-state index is -0.388. The second-order valence-corrected chi connectivity index (χ2v) is 6.92. The SMILES string of the molecule is CC(=O)N[C@H](C(=O)N[C@@H]1CCc2nc(C)cn2C1)C1CCCC1. The van der Waals surface area contributed by atoms with Crippen molar-refractivity contribution in [3.63, 3.8) is 0 Å². The molecule has 1 aromatic rings. The fourth-order valence-corrected chi connectivity index (χ4v) is 3.90. The number of carbonyl (C=O) groups excluding carboxylic acids is 2. The maximum absolute atomic E-state index is 12.7. The van der Waals surface area contributed by atoms with Crippen molar-refractivity contribution >= 4 is 11.8 Å². The van der Waals surface area contributed by atoms with Crippen LogP contribution in [0.4, 0.5) is 0 Å². The van der Waals surface area contributed by atoms with E-state index in [1.807, 2.05) is 13.1 Å². The van der Waals surface area contributed by atoms with E-state index in [0.717, 1.165) is 56.6 Å². The predicted molar refractivity (Wildman–Crippen MR) is 86.8 cm³/mol. The van der Waals surface area contributed by atoms with Gasteiger partial charge in [0.2, 0.25) is 11.8 Å². The predicted octanol–water partition coefficient (Wildman–Crippen LogP) is 1.32. The number of rotatable bonds is 4. The van der Waals surface area contributed by atoms with Crippen LogP contribution in [0.2, 0.25) is 0 Å². The number of carbonyl (C=O) groups is 2. The van der Waals surface area contributed by atoms with Crippen LogP contribution in [0.25, 0.3) is 0 Å². The largest absolute Gasteiger partial charge is 0.350 e. The molecule has 1 aromatic heterocycles. The minimum absolute atomic E-state index is 0.0302. The first kappa shape index (κ1) is 16.0. The van der Waals surface area contributed by atoms with Gasteiger partial charge in [-0.3, -0.25) is 9.59 Å². The fraction of sp³-hybridized carbons (Fsp3) is 0.706. The summed E-state index contributed by atoms with van der Waals surface area (Å²) in [5.41, 5.74) is 1.02. The molecule has 2 N–H and O–H groups in total. The molecule has 1 fully saturated rings. The maximum atomic E-state index is 12.7. The summed E-state index contributed by atoms with van der Waals surface area (Å²) < 4.78 is 2.13. The molecule has 0 aromatic carbocycles. The first-order valence-electron chi connectivity index (χ1n) is 8.63. The average Bonchev–Trinajstić information content (AvgIpc) is 3.12. The number of hydrogen-bond donors (Lipinski definition) is 2. The van der Waals surface area contributed by atoms with Crippen LogP contribution in [0.5, 0.6) is 0 Å². The molecule has 0 radical (unpaired) electrons. The standard InChI is InChI=1S/C17H26N4O2/c1-11-9-21-10-14(7-8-15(21)18-11)20-17(23)16(19-12(2)22)13-5-3-4-6-13/h9,13-14,16H,3-8,10H2,1-2H3,(H,19,22)(H,20,23)/t14-,16+/m1/s1. The van der Waals surface area contributed by atoms with Crippen molar-refractivity contribution < 1.29 is 9.59 Å². The lowest BCUT2D eigenvalue weighted by molar-refractivity contribution is -0.130. The highest BCUT2D eigenvalue weighted by Crippen LogP contribution is 2.28. The van der Waals surface area contributed by atoms with Crippen molar-refractivity contribution in [3.8, 4) is 0 Å². The zero-order valence-electron chi connectivity index (χ0n) is 14.0. The van der Waals surface area contributed by atoms with Crippen molar-refractivity contribution in [2.45, 2.75) is 71.0 Å². The zero-order chi connectivity index (χ0) is 16.4. The molecule has 2 heterocycles. The third-order valence-corrected chi connectivity index (χ3v) is 4.97. The number of amides is 2. The lowest BCUT2D eigenvalue weighted by Gasteiger charge is -2.29. The second-order valence-electron chi connectivity index (χ2n) is 6.92. The monoisotopic (exact) mass is 318 g/mol. The summed E-state index contributed by atoms with van der Waals surface area (Å²) in [7, 11) is 0. The zero-order valence-corrected chi connectivity index (χ0v) is 14.0. The van der Waals surface area contributed by atoms with Gasteiger partial charge in [-0.25, -0.2) is 4.98 Å². The van der Waals surface area contributed by atoms with Crippen LogP contribution in [0.1, 0.15) is 50.5 Å². The molecule has 2 amide bonds. The van der Waals surface area contributed by atoms with Gasteiger partial charge in [0.05, 0.1) is 5.69 Å². The summed E-state index contributed by atoms with van der Waals surface area (Å²) in [6.07, 6.45) is 8.16. The van der Waals surface area contributed by atoms with E-state index in [0.29, 0.717) is 0 Å². The van der Waals surface area contributed by atoms with Crippen molar-refractivity contribution in [1.29, 1.82) is 0 Å². The highest BCUT2D eigenvalue weighted by molar-refractivity contribution is 5.87. The van der Waals surface area contributed by atoms with E-state index in [-0.39, 0.29) is 29.8 Å². The van der Waals surface area contributed by atoms with E-state index < -0.39 is 0 Å². The van der Waals surface area contributed by atoms with Crippen LogP contribution in [0.3, 0.4) is 0 Å². The van der Waals surface area contributed by atoms with Gasteiger partial charge < -0.3 is 15.2 Å². The molecule has 23 heavy (non-hydrogen) atoms. The van der Waals surface area contributed by atoms with E-state index in [1.165, 1.54) is 6.92 Å². The maximum Gasteiger partial charge on any atom is 0.243 e. The van der Waals surface area contributed by atoms with Crippen LogP contribution in [0.15, 0.2) is 6.20 Å². The molecule has 6 nitrogen and oxygen atoms in total. The number of aromatic nitrogens is 2. The van der Waals surface area contributed by atoms with Crippen molar-refractivity contribution in [1.82, 2.24) is 20.2 Å². The molecule has 3 rings (SSSR count). The third kappa shape index (κ3) is 3.74. The minimum Gasteiger partial charge on any atom is -0.350 e. The molecule has 1 aliphatic heterocycles. The molecular weight excluding hydrogens is 292 g/mol. The summed E-state index contributed by atoms with van der Waals surface area (Å²) >= 11 is 0. The van der Waals surface area contributed by atoms with E-state index in [9.17, 15) is 9.59 Å². The molecular formula is C17H26N4O2. The lowest BCUT2D eigenvalue weighted by Crippen LogP contribution is -2.53. The van der Waals surface area contributed by atoms with Crippen LogP contribution >= 0.6 is 0 Å². The molecule has 2 aliphatic rings. The van der Waals surface area contributed by atoms with Crippen LogP contribution in [-0.4, -0.2) is 33.4 Å². The van der Waals surface area contributed by atoms with Gasteiger partial charge in [-0.15, -0.1) is 0 Å². The smallest absolute Gasteiger partial charge is 0.243 e. The Morgan fingerprint density at radius 2 is 2.04 bits per heavy atom. The third-order valence-electron chi connectivity index (χ3n) is 4.97. The number of imidazole rings is 1. The molecule has 0 saturated heterocycles. The first-order valence-corrected chi connectivity index (χ1v) is 8.63. The summed E-state index contributed by atoms with van der Waals surface area (Å²) in [5, 5.41) is 6.01. The highest BCUT2D eigenvalue weighted by atomic mass is 16.2. The van der Waals surface area contributed by atoms with Crippen LogP contribution < -0.4 is 10.6 Å². The summed E-state index contributed by atoms with van der Waals surface area (Å²) in [6, 6.07) is -0.276. The molecule has 6 heteroatoms. The van der Waals surface area contributed by atoms with E-state index in [1.54, 1.807) is 0 Å². The van der Waals surface area contributed by atoms with Gasteiger partial charge in [-0.05, 0) is 32.1 Å². The van der Waals surface area contributed by atoms with E-state index in [4.69, 9.17) is 0 Å². The topological polar surface area (TPSA) is 76.0 Å². The van der Waals surface area contributed by atoms with Crippen molar-refractivity contribution in [3.05, 3.63) is 17.7 Å². The fourth-order valence-electron chi connectivity index (χ4n) is 3.90. The Morgan fingerprint density at radius 1 is 1.30 bits per heavy atom. The molecule has 1 aliphatic carbocycles. The number of nitrogens with zero attached hydrogens (tertiary/aromatic N) is 2. The molecule has 0 spiro atoms. The molecule has 1 saturated carbocycles. The van der Waals surface area contributed by atoms with Gasteiger partial charge in [-0.2, -0.15) is 0 Å². The normalized spacial score (nSPS) is 22.4. The molecule has 126 valence electrons. The van der Waals surface area contributed by atoms with Crippen LogP contribution in [0, 0.1) is 12.8 Å². The molecule has 0 bridgehead atoms. The van der Waals surface area contributed by atoms with Gasteiger partial charge in [0.1, 0.15) is 11.9 Å². The van der Waals surface area contributed by atoms with Crippen molar-refractivity contribution in [2.24, 2.45) is 5.92 Å². The number of nitrogens with one attached hydrogen (secondary N) is 2. The Morgan fingerprint density at radius 3 is 2.74 bits per heavy atom. The van der Waals surface area contributed by atoms with Gasteiger partial charge in [0.25, 0.3) is 0 Å². The molecule has 2 atom stereocenters. The molecule has 0 unspecified atom stereocenters. The first-order chi connectivity index (χ1) is 11.0. The van der Waals surface area contributed by atoms with Gasteiger partial charge in [0, 0.05) is 32.1 Å². The summed E-state index contributed by atoms with van der Waals surface area (Å²) in [6.45, 7) is 4.24. The van der Waals surface area contributed by atoms with Crippen LogP contribution in [-0.2, 0) is 22.6 Å². The Hall–Kier alpha value is -1.85.